The molecule has 0 spiro atoms. The maximum atomic E-state index is 12.0. The van der Waals surface area contributed by atoms with Gasteiger partial charge in [-0.1, -0.05) is 29.8 Å². The van der Waals surface area contributed by atoms with Crippen LogP contribution in [0, 0.1) is 0 Å². The highest BCUT2D eigenvalue weighted by molar-refractivity contribution is 7.08. The molecule has 0 atom stereocenters. The van der Waals surface area contributed by atoms with Crippen molar-refractivity contribution in [2.45, 2.75) is 6.54 Å². The summed E-state index contributed by atoms with van der Waals surface area (Å²) in [6.45, 7) is 0.450. The van der Waals surface area contributed by atoms with Crippen LogP contribution in [-0.2, 0) is 11.3 Å². The van der Waals surface area contributed by atoms with Gasteiger partial charge in [0, 0.05) is 34.8 Å². The van der Waals surface area contributed by atoms with Crippen molar-refractivity contribution in [3.8, 4) is 11.3 Å². The van der Waals surface area contributed by atoms with Crippen LogP contribution in [0.3, 0.4) is 0 Å². The minimum Gasteiger partial charge on any atom is -0.348 e. The van der Waals surface area contributed by atoms with E-state index in [0.29, 0.717) is 11.6 Å². The van der Waals surface area contributed by atoms with Gasteiger partial charge in [-0.3, -0.25) is 9.78 Å². The number of carbonyl (C=O) groups excluding carboxylic acids is 1. The molecule has 3 nitrogen and oxygen atoms in total. The van der Waals surface area contributed by atoms with E-state index in [1.54, 1.807) is 29.7 Å². The van der Waals surface area contributed by atoms with Gasteiger partial charge in [0.05, 0.1) is 5.69 Å². The number of nitrogens with one attached hydrogen (secondary N) is 1. The van der Waals surface area contributed by atoms with Gasteiger partial charge < -0.3 is 5.32 Å². The molecule has 1 aromatic carbocycles. The maximum absolute atomic E-state index is 12.0. The third-order valence-electron chi connectivity index (χ3n) is 3.43. The molecule has 120 valence electrons. The highest BCUT2D eigenvalue weighted by atomic mass is 35.5. The molecular weight excluding hydrogens is 340 g/mol. The second-order valence-corrected chi connectivity index (χ2v) is 6.32. The zero-order chi connectivity index (χ0) is 16.8. The van der Waals surface area contributed by atoms with Crippen LogP contribution in [0.25, 0.3) is 17.3 Å². The van der Waals surface area contributed by atoms with Gasteiger partial charge in [0.25, 0.3) is 0 Å². The molecule has 24 heavy (non-hydrogen) atoms. The predicted octanol–water partition coefficient (Wildman–Crippen LogP) is 4.79. The topological polar surface area (TPSA) is 42.0 Å². The average Bonchev–Trinajstić information content (AvgIpc) is 3.14. The van der Waals surface area contributed by atoms with Crippen LogP contribution in [0.2, 0.25) is 5.02 Å². The van der Waals surface area contributed by atoms with Crippen LogP contribution >= 0.6 is 22.9 Å². The Hall–Kier alpha value is -2.43. The third-order valence-corrected chi connectivity index (χ3v) is 4.45. The molecule has 5 heteroatoms. The molecule has 3 aromatic rings. The van der Waals surface area contributed by atoms with Crippen molar-refractivity contribution in [1.82, 2.24) is 10.3 Å². The van der Waals surface area contributed by atoms with Gasteiger partial charge in [-0.2, -0.15) is 11.3 Å². The van der Waals surface area contributed by atoms with Gasteiger partial charge >= 0.3 is 0 Å². The minimum absolute atomic E-state index is 0.163. The molecule has 2 heterocycles. The molecule has 0 bridgehead atoms. The average molecular weight is 355 g/mol. The molecule has 1 N–H and O–H groups in total. The third kappa shape index (κ3) is 4.31. The highest BCUT2D eigenvalue weighted by Gasteiger charge is 2.03. The van der Waals surface area contributed by atoms with Crippen molar-refractivity contribution in [2.24, 2.45) is 0 Å². The van der Waals surface area contributed by atoms with E-state index in [1.807, 2.05) is 41.8 Å². The SMILES string of the molecule is O=C(/C=C/c1ccccc1Cl)NCc1ccnc(-c2ccsc2)c1. The first-order valence-electron chi connectivity index (χ1n) is 7.40. The number of pyridine rings is 1. The Balaban J connectivity index is 1.61. The standard InChI is InChI=1S/C19H15ClN2OS/c20-17-4-2-1-3-15(17)5-6-19(23)22-12-14-7-9-21-18(11-14)16-8-10-24-13-16/h1-11,13H,12H2,(H,22,23)/b6-5+. The lowest BCUT2D eigenvalue weighted by Crippen LogP contribution is -2.20. The zero-order valence-corrected chi connectivity index (χ0v) is 14.3. The van der Waals surface area contributed by atoms with Crippen molar-refractivity contribution < 1.29 is 4.79 Å². The van der Waals surface area contributed by atoms with E-state index in [9.17, 15) is 4.79 Å². The van der Waals surface area contributed by atoms with Gasteiger partial charge in [-0.15, -0.1) is 0 Å². The second-order valence-electron chi connectivity index (χ2n) is 5.13. The smallest absolute Gasteiger partial charge is 0.244 e. The Bertz CT molecular complexity index is 859. The fraction of sp³-hybridized carbons (Fsp3) is 0.0526. The molecule has 3 rings (SSSR count). The van der Waals surface area contributed by atoms with Crippen molar-refractivity contribution in [1.29, 1.82) is 0 Å². The highest BCUT2D eigenvalue weighted by Crippen LogP contribution is 2.20. The van der Waals surface area contributed by atoms with Crippen molar-refractivity contribution in [3.63, 3.8) is 0 Å². The van der Waals surface area contributed by atoms with Crippen LogP contribution in [0.1, 0.15) is 11.1 Å². The lowest BCUT2D eigenvalue weighted by atomic mass is 10.1. The summed E-state index contributed by atoms with van der Waals surface area (Å²) in [6.07, 6.45) is 4.96. The van der Waals surface area contributed by atoms with Gasteiger partial charge in [-0.05, 0) is 46.8 Å². The van der Waals surface area contributed by atoms with E-state index >= 15 is 0 Å². The number of hydrogen-bond acceptors (Lipinski definition) is 3. The van der Waals surface area contributed by atoms with E-state index in [0.717, 1.165) is 22.4 Å². The summed E-state index contributed by atoms with van der Waals surface area (Å²) in [5.74, 6) is -0.163. The number of amides is 1. The molecule has 0 aliphatic rings. The monoisotopic (exact) mass is 354 g/mol. The largest absolute Gasteiger partial charge is 0.348 e. The van der Waals surface area contributed by atoms with E-state index in [2.05, 4.69) is 15.7 Å². The first kappa shape index (κ1) is 16.4. The molecule has 1 amide bonds. The van der Waals surface area contributed by atoms with Gasteiger partial charge in [0.15, 0.2) is 0 Å². The number of carbonyl (C=O) groups is 1. The zero-order valence-electron chi connectivity index (χ0n) is 12.8. The normalized spacial score (nSPS) is 10.9. The summed E-state index contributed by atoms with van der Waals surface area (Å²) in [6, 6.07) is 13.3. The number of thiophene rings is 1. The maximum Gasteiger partial charge on any atom is 0.244 e. The fourth-order valence-electron chi connectivity index (χ4n) is 2.18. The van der Waals surface area contributed by atoms with E-state index in [4.69, 9.17) is 11.6 Å². The molecule has 0 radical (unpaired) electrons. The summed E-state index contributed by atoms with van der Waals surface area (Å²) < 4.78 is 0. The van der Waals surface area contributed by atoms with E-state index in [-0.39, 0.29) is 5.91 Å². The first-order valence-corrected chi connectivity index (χ1v) is 8.72. The van der Waals surface area contributed by atoms with Gasteiger partial charge in [0.2, 0.25) is 5.91 Å². The van der Waals surface area contributed by atoms with Crippen LogP contribution in [0.4, 0.5) is 0 Å². The van der Waals surface area contributed by atoms with Crippen molar-refractivity contribution >= 4 is 34.9 Å². The number of halogens is 1. The summed E-state index contributed by atoms with van der Waals surface area (Å²) in [4.78, 5) is 16.3. The lowest BCUT2D eigenvalue weighted by molar-refractivity contribution is -0.116. The van der Waals surface area contributed by atoms with Gasteiger partial charge in [-0.25, -0.2) is 0 Å². The fourth-order valence-corrected chi connectivity index (χ4v) is 3.02. The number of nitrogens with zero attached hydrogens (tertiary/aromatic N) is 1. The second kappa shape index (κ2) is 7.90. The molecule has 0 saturated carbocycles. The van der Waals surface area contributed by atoms with E-state index in [1.165, 1.54) is 6.08 Å². The molecule has 0 aliphatic carbocycles. The lowest BCUT2D eigenvalue weighted by Gasteiger charge is -2.04. The predicted molar refractivity (Wildman–Crippen MR) is 99.9 cm³/mol. The molecule has 0 unspecified atom stereocenters. The van der Waals surface area contributed by atoms with Crippen LogP contribution < -0.4 is 5.32 Å². The minimum atomic E-state index is -0.163. The summed E-state index contributed by atoms with van der Waals surface area (Å²) in [7, 11) is 0. The molecule has 0 fully saturated rings. The first-order chi connectivity index (χ1) is 11.7. The number of benzene rings is 1. The Labute approximate surface area is 149 Å². The Morgan fingerprint density at radius 2 is 2.12 bits per heavy atom. The van der Waals surface area contributed by atoms with Crippen molar-refractivity contribution in [2.75, 3.05) is 0 Å². The number of hydrogen-bond donors (Lipinski definition) is 1. The Morgan fingerprint density at radius 1 is 1.25 bits per heavy atom. The van der Waals surface area contributed by atoms with Crippen LogP contribution in [0.5, 0.6) is 0 Å². The summed E-state index contributed by atoms with van der Waals surface area (Å²) in [5.41, 5.74) is 3.82. The van der Waals surface area contributed by atoms with Gasteiger partial charge in [0.1, 0.15) is 0 Å². The molecule has 2 aromatic heterocycles. The number of aromatic nitrogens is 1. The molecular formula is C19H15ClN2OS. The Kier molecular flexibility index (Phi) is 5.41. The van der Waals surface area contributed by atoms with Crippen LogP contribution in [0.15, 0.2) is 65.5 Å². The molecule has 0 saturated heterocycles. The Morgan fingerprint density at radius 3 is 2.92 bits per heavy atom. The number of rotatable bonds is 5. The molecule has 0 aliphatic heterocycles. The summed E-state index contributed by atoms with van der Waals surface area (Å²) in [5, 5.41) is 7.56. The van der Waals surface area contributed by atoms with Crippen molar-refractivity contribution in [3.05, 3.63) is 81.6 Å². The van der Waals surface area contributed by atoms with Crippen LogP contribution in [-0.4, -0.2) is 10.9 Å². The quantitative estimate of drug-likeness (QED) is 0.669. The summed E-state index contributed by atoms with van der Waals surface area (Å²) >= 11 is 7.69. The van der Waals surface area contributed by atoms with E-state index < -0.39 is 0 Å².